The van der Waals surface area contributed by atoms with Crippen LogP contribution in [0.15, 0.2) is 72.1 Å². The Labute approximate surface area is 122 Å². The van der Waals surface area contributed by atoms with E-state index in [2.05, 4.69) is 10.6 Å². The van der Waals surface area contributed by atoms with Gasteiger partial charge in [0.25, 0.3) is 5.91 Å². The molecule has 5 heteroatoms. The fraction of sp³-hybridized carbons (Fsp3) is 0. The van der Waals surface area contributed by atoms with E-state index >= 15 is 0 Å². The molecule has 0 aliphatic rings. The van der Waals surface area contributed by atoms with Crippen molar-refractivity contribution in [2.24, 2.45) is 0 Å². The van der Waals surface area contributed by atoms with Crippen molar-refractivity contribution >= 4 is 17.3 Å². The smallest absolute Gasteiger partial charge is 0.271 e. The number of nitrogens with one attached hydrogen (secondary N) is 2. The van der Waals surface area contributed by atoms with Gasteiger partial charge in [0.1, 0.15) is 6.07 Å². The van der Waals surface area contributed by atoms with Crippen LogP contribution in [0.4, 0.5) is 11.4 Å². The molecule has 104 valence electrons. The van der Waals surface area contributed by atoms with Crippen molar-refractivity contribution in [3.8, 4) is 6.07 Å². The minimum absolute atomic E-state index is 0.386. The Morgan fingerprint density at radius 2 is 1.38 bits per heavy atom. The lowest BCUT2D eigenvalue weighted by molar-refractivity contribution is -0.112. The van der Waals surface area contributed by atoms with E-state index in [1.807, 2.05) is 12.1 Å². The second-order valence-electron chi connectivity index (χ2n) is 4.15. The van der Waals surface area contributed by atoms with Gasteiger partial charge in [-0.2, -0.15) is 5.26 Å². The number of carbonyl (C=O) groups excluding carboxylic acids is 1. The molecule has 1 amide bonds. The van der Waals surface area contributed by atoms with Crippen LogP contribution in [0, 0.1) is 11.3 Å². The number of amides is 1. The van der Waals surface area contributed by atoms with Crippen LogP contribution in [-0.4, -0.2) is 11.0 Å². The summed E-state index contributed by atoms with van der Waals surface area (Å²) in [6.07, 6.45) is 0. The van der Waals surface area contributed by atoms with Gasteiger partial charge in [-0.15, -0.1) is 0 Å². The van der Waals surface area contributed by atoms with Crippen LogP contribution in [-0.2, 0) is 4.79 Å². The lowest BCUT2D eigenvalue weighted by atomic mass is 10.2. The molecule has 0 aliphatic heterocycles. The molecular weight excluding hydrogens is 266 g/mol. The highest BCUT2D eigenvalue weighted by Gasteiger charge is 2.15. The normalized spacial score (nSPS) is 11.0. The third kappa shape index (κ3) is 3.85. The van der Waals surface area contributed by atoms with Gasteiger partial charge in [0.2, 0.25) is 5.88 Å². The number of nitrogens with zero attached hydrogens (tertiary/aromatic N) is 1. The molecule has 0 spiro atoms. The number of benzene rings is 2. The van der Waals surface area contributed by atoms with Gasteiger partial charge in [-0.1, -0.05) is 36.4 Å². The molecule has 0 saturated carbocycles. The van der Waals surface area contributed by atoms with Crippen molar-refractivity contribution in [2.45, 2.75) is 0 Å². The summed E-state index contributed by atoms with van der Waals surface area (Å²) in [6.45, 7) is 0. The highest BCUT2D eigenvalue weighted by Crippen LogP contribution is 2.12. The summed E-state index contributed by atoms with van der Waals surface area (Å²) >= 11 is 0. The third-order valence-corrected chi connectivity index (χ3v) is 2.64. The second-order valence-corrected chi connectivity index (χ2v) is 4.15. The van der Waals surface area contributed by atoms with Crippen molar-refractivity contribution in [3.63, 3.8) is 0 Å². The standard InChI is InChI=1S/C16H13N3O2/c17-11-14(15(20)18-12-7-3-1-4-8-12)16(21)19-13-9-5-2-6-10-13/h1-10,18,20H,(H,19,21)/b15-14-. The van der Waals surface area contributed by atoms with Gasteiger partial charge >= 0.3 is 0 Å². The van der Waals surface area contributed by atoms with Gasteiger partial charge in [0, 0.05) is 11.4 Å². The lowest BCUT2D eigenvalue weighted by Gasteiger charge is -2.08. The summed E-state index contributed by atoms with van der Waals surface area (Å²) in [5, 5.41) is 24.1. The molecule has 21 heavy (non-hydrogen) atoms. The molecule has 0 heterocycles. The van der Waals surface area contributed by atoms with E-state index in [0.29, 0.717) is 11.4 Å². The zero-order valence-electron chi connectivity index (χ0n) is 11.1. The van der Waals surface area contributed by atoms with Crippen molar-refractivity contribution in [1.29, 1.82) is 5.26 Å². The largest absolute Gasteiger partial charge is 0.493 e. The first-order valence-corrected chi connectivity index (χ1v) is 6.22. The number of aliphatic hydroxyl groups excluding tert-OH is 1. The minimum atomic E-state index is -0.676. The molecule has 5 nitrogen and oxygen atoms in total. The predicted molar refractivity (Wildman–Crippen MR) is 80.4 cm³/mol. The topological polar surface area (TPSA) is 85.2 Å². The van der Waals surface area contributed by atoms with Crippen LogP contribution in [0.2, 0.25) is 0 Å². The van der Waals surface area contributed by atoms with E-state index in [1.165, 1.54) is 0 Å². The Morgan fingerprint density at radius 1 is 0.905 bits per heavy atom. The van der Waals surface area contributed by atoms with Gasteiger partial charge in [-0.3, -0.25) is 4.79 Å². The molecule has 0 radical (unpaired) electrons. The molecule has 0 saturated heterocycles. The van der Waals surface area contributed by atoms with Gasteiger partial charge in [-0.25, -0.2) is 0 Å². The van der Waals surface area contributed by atoms with E-state index in [0.717, 1.165) is 0 Å². The number of carbonyl (C=O) groups is 1. The number of rotatable bonds is 4. The van der Waals surface area contributed by atoms with Crippen molar-refractivity contribution < 1.29 is 9.90 Å². The first-order chi connectivity index (χ1) is 10.2. The summed E-state index contributed by atoms with van der Waals surface area (Å²) in [5.74, 6) is -1.17. The zero-order chi connectivity index (χ0) is 15.1. The Balaban J connectivity index is 2.16. The number of nitriles is 1. The maximum atomic E-state index is 12.0. The summed E-state index contributed by atoms with van der Waals surface area (Å²) in [5.41, 5.74) is 0.737. The molecule has 0 unspecified atom stereocenters. The van der Waals surface area contributed by atoms with E-state index in [4.69, 9.17) is 5.26 Å². The number of aliphatic hydroxyl groups is 1. The van der Waals surface area contributed by atoms with Gasteiger partial charge in [0.05, 0.1) is 0 Å². The Bertz CT molecular complexity index is 688. The molecule has 2 aromatic carbocycles. The SMILES string of the molecule is N#C/C(C(=O)Nc1ccccc1)=C(/O)Nc1ccccc1. The molecule has 0 bridgehead atoms. The van der Waals surface area contributed by atoms with Crippen molar-refractivity contribution in [1.82, 2.24) is 0 Å². The molecule has 2 aromatic rings. The van der Waals surface area contributed by atoms with Crippen LogP contribution in [0.5, 0.6) is 0 Å². The van der Waals surface area contributed by atoms with E-state index in [1.54, 1.807) is 54.6 Å². The quantitative estimate of drug-likeness (QED) is 0.456. The fourth-order valence-corrected chi connectivity index (χ4v) is 1.65. The maximum Gasteiger partial charge on any atom is 0.271 e. The van der Waals surface area contributed by atoms with E-state index in [-0.39, 0.29) is 5.57 Å². The van der Waals surface area contributed by atoms with Gasteiger partial charge < -0.3 is 15.7 Å². The van der Waals surface area contributed by atoms with E-state index < -0.39 is 11.8 Å². The van der Waals surface area contributed by atoms with Crippen LogP contribution >= 0.6 is 0 Å². The summed E-state index contributed by atoms with van der Waals surface area (Å²) in [4.78, 5) is 12.0. The third-order valence-electron chi connectivity index (χ3n) is 2.64. The molecule has 0 aromatic heterocycles. The average Bonchev–Trinajstić information content (AvgIpc) is 2.50. The van der Waals surface area contributed by atoms with Crippen LogP contribution in [0.1, 0.15) is 0 Å². The molecule has 0 atom stereocenters. The first-order valence-electron chi connectivity index (χ1n) is 6.22. The minimum Gasteiger partial charge on any atom is -0.493 e. The molecular formula is C16H13N3O2. The maximum absolute atomic E-state index is 12.0. The predicted octanol–water partition coefficient (Wildman–Crippen LogP) is 3.03. The monoisotopic (exact) mass is 279 g/mol. The number of anilines is 2. The molecule has 0 fully saturated rings. The highest BCUT2D eigenvalue weighted by atomic mass is 16.3. The van der Waals surface area contributed by atoms with Crippen LogP contribution < -0.4 is 10.6 Å². The average molecular weight is 279 g/mol. The summed E-state index contributed by atoms with van der Waals surface area (Å²) < 4.78 is 0. The fourth-order valence-electron chi connectivity index (χ4n) is 1.65. The van der Waals surface area contributed by atoms with Crippen LogP contribution in [0.3, 0.4) is 0 Å². The number of hydrogen-bond donors (Lipinski definition) is 3. The number of hydrogen-bond acceptors (Lipinski definition) is 4. The summed E-state index contributed by atoms with van der Waals surface area (Å²) in [6, 6.07) is 19.2. The Morgan fingerprint density at radius 3 is 1.86 bits per heavy atom. The van der Waals surface area contributed by atoms with Crippen LogP contribution in [0.25, 0.3) is 0 Å². The highest BCUT2D eigenvalue weighted by molar-refractivity contribution is 6.07. The zero-order valence-corrected chi connectivity index (χ0v) is 11.1. The lowest BCUT2D eigenvalue weighted by Crippen LogP contribution is -2.17. The van der Waals surface area contributed by atoms with Gasteiger partial charge in [-0.05, 0) is 24.3 Å². The summed E-state index contributed by atoms with van der Waals surface area (Å²) in [7, 11) is 0. The van der Waals surface area contributed by atoms with Gasteiger partial charge in [0.15, 0.2) is 5.57 Å². The Hall–Kier alpha value is -3.26. The molecule has 0 aliphatic carbocycles. The molecule has 3 N–H and O–H groups in total. The second kappa shape index (κ2) is 6.78. The van der Waals surface area contributed by atoms with E-state index in [9.17, 15) is 9.90 Å². The van der Waals surface area contributed by atoms with Crippen molar-refractivity contribution in [3.05, 3.63) is 72.1 Å². The Kier molecular flexibility index (Phi) is 4.57. The first kappa shape index (κ1) is 14.2. The van der Waals surface area contributed by atoms with Crippen molar-refractivity contribution in [2.75, 3.05) is 10.6 Å². The molecule has 2 rings (SSSR count). The number of para-hydroxylation sites is 2.